The van der Waals surface area contributed by atoms with Gasteiger partial charge in [-0.1, -0.05) is 13.3 Å². The fourth-order valence-corrected chi connectivity index (χ4v) is 3.26. The third kappa shape index (κ3) is 1.28. The highest BCUT2D eigenvalue weighted by Crippen LogP contribution is 2.38. The number of likely N-dealkylation sites (tertiary alicyclic amines) is 1. The molecule has 0 spiro atoms. The maximum absolute atomic E-state index is 2.67. The minimum absolute atomic E-state index is 0.893. The van der Waals surface area contributed by atoms with Gasteiger partial charge in [-0.2, -0.15) is 0 Å². The average molecular weight is 167 g/mol. The van der Waals surface area contributed by atoms with Crippen LogP contribution in [-0.4, -0.2) is 24.0 Å². The van der Waals surface area contributed by atoms with Crippen molar-refractivity contribution in [2.75, 3.05) is 7.05 Å². The molecule has 3 atom stereocenters. The Morgan fingerprint density at radius 3 is 2.75 bits per heavy atom. The zero-order valence-electron chi connectivity index (χ0n) is 8.42. The molecule has 0 bridgehead atoms. The zero-order chi connectivity index (χ0) is 8.55. The molecular weight excluding hydrogens is 146 g/mol. The van der Waals surface area contributed by atoms with Crippen molar-refractivity contribution in [2.24, 2.45) is 5.92 Å². The first-order valence-electron chi connectivity index (χ1n) is 5.55. The van der Waals surface area contributed by atoms with E-state index >= 15 is 0 Å². The monoisotopic (exact) mass is 167 g/mol. The van der Waals surface area contributed by atoms with Crippen molar-refractivity contribution in [3.63, 3.8) is 0 Å². The number of fused-ring (bicyclic) bond motifs is 1. The highest BCUT2D eigenvalue weighted by molar-refractivity contribution is 4.91. The second-order valence-electron chi connectivity index (χ2n) is 4.56. The summed E-state index contributed by atoms with van der Waals surface area (Å²) in [5.41, 5.74) is 0. The van der Waals surface area contributed by atoms with Gasteiger partial charge in [0.05, 0.1) is 0 Å². The molecule has 1 heteroatoms. The van der Waals surface area contributed by atoms with E-state index < -0.39 is 0 Å². The minimum atomic E-state index is 0.893. The third-order valence-corrected chi connectivity index (χ3v) is 4.06. The quantitative estimate of drug-likeness (QED) is 0.580. The molecule has 2 fully saturated rings. The van der Waals surface area contributed by atoms with Gasteiger partial charge in [-0.3, -0.25) is 0 Å². The molecule has 1 nitrogen and oxygen atoms in total. The topological polar surface area (TPSA) is 3.24 Å². The van der Waals surface area contributed by atoms with E-state index in [9.17, 15) is 0 Å². The molecule has 2 rings (SSSR count). The zero-order valence-corrected chi connectivity index (χ0v) is 8.42. The predicted octanol–water partition coefficient (Wildman–Crippen LogP) is 2.66. The summed E-state index contributed by atoms with van der Waals surface area (Å²) < 4.78 is 0. The van der Waals surface area contributed by atoms with Crippen LogP contribution in [0.4, 0.5) is 0 Å². The molecule has 1 heterocycles. The number of rotatable bonds is 1. The summed E-state index contributed by atoms with van der Waals surface area (Å²) in [6.45, 7) is 2.33. The highest BCUT2D eigenvalue weighted by atomic mass is 15.2. The fraction of sp³-hybridized carbons (Fsp3) is 1.00. The van der Waals surface area contributed by atoms with Crippen LogP contribution in [0.25, 0.3) is 0 Å². The van der Waals surface area contributed by atoms with Crippen molar-refractivity contribution in [3.8, 4) is 0 Å². The number of nitrogens with zero attached hydrogens (tertiary/aromatic N) is 1. The van der Waals surface area contributed by atoms with Gasteiger partial charge in [0.1, 0.15) is 0 Å². The lowest BCUT2D eigenvalue weighted by Crippen LogP contribution is -2.46. The standard InChI is InChI=1S/C11H21N/c1-3-10-8-7-9-5-4-6-11(9)12(10)2/h9-11H,3-8H2,1-2H3/t9-,10?,11+/m0/s1. The first-order valence-corrected chi connectivity index (χ1v) is 5.55. The van der Waals surface area contributed by atoms with Gasteiger partial charge in [0.15, 0.2) is 0 Å². The Bertz CT molecular complexity index is 155. The summed E-state index contributed by atoms with van der Waals surface area (Å²) in [5, 5.41) is 0. The Balaban J connectivity index is 2.02. The number of hydrogen-bond acceptors (Lipinski definition) is 1. The van der Waals surface area contributed by atoms with Crippen molar-refractivity contribution in [1.29, 1.82) is 0 Å². The van der Waals surface area contributed by atoms with Crippen molar-refractivity contribution in [2.45, 2.75) is 57.5 Å². The lowest BCUT2D eigenvalue weighted by molar-refractivity contribution is 0.0803. The molecule has 0 aromatic carbocycles. The largest absolute Gasteiger partial charge is 0.300 e. The van der Waals surface area contributed by atoms with Crippen LogP contribution in [0.3, 0.4) is 0 Å². The van der Waals surface area contributed by atoms with Crippen LogP contribution in [0, 0.1) is 5.92 Å². The fourth-order valence-electron chi connectivity index (χ4n) is 3.26. The highest BCUT2D eigenvalue weighted by Gasteiger charge is 2.36. The first-order chi connectivity index (χ1) is 5.83. The van der Waals surface area contributed by atoms with Gasteiger partial charge in [-0.25, -0.2) is 0 Å². The summed E-state index contributed by atoms with van der Waals surface area (Å²) in [7, 11) is 2.34. The van der Waals surface area contributed by atoms with Gasteiger partial charge in [0, 0.05) is 12.1 Å². The van der Waals surface area contributed by atoms with Crippen LogP contribution < -0.4 is 0 Å². The molecule has 1 aliphatic carbocycles. The normalized spacial score (nSPS) is 43.0. The van der Waals surface area contributed by atoms with Crippen LogP contribution in [0.5, 0.6) is 0 Å². The molecule has 1 aliphatic heterocycles. The van der Waals surface area contributed by atoms with Gasteiger partial charge in [0.25, 0.3) is 0 Å². The van der Waals surface area contributed by atoms with E-state index in [1.165, 1.54) is 38.5 Å². The molecule has 0 aromatic heterocycles. The Morgan fingerprint density at radius 2 is 2.00 bits per heavy atom. The Hall–Kier alpha value is -0.0400. The van der Waals surface area contributed by atoms with Crippen molar-refractivity contribution >= 4 is 0 Å². The van der Waals surface area contributed by atoms with Gasteiger partial charge in [-0.05, 0) is 45.1 Å². The molecule has 1 saturated heterocycles. The van der Waals surface area contributed by atoms with E-state index in [-0.39, 0.29) is 0 Å². The summed E-state index contributed by atoms with van der Waals surface area (Å²) in [5.74, 6) is 1.05. The van der Waals surface area contributed by atoms with Crippen LogP contribution in [0.1, 0.15) is 45.4 Å². The molecular formula is C11H21N. The van der Waals surface area contributed by atoms with E-state index in [0.717, 1.165) is 18.0 Å². The van der Waals surface area contributed by atoms with Gasteiger partial charge in [0.2, 0.25) is 0 Å². The smallest absolute Gasteiger partial charge is 0.0123 e. The maximum atomic E-state index is 2.67. The predicted molar refractivity (Wildman–Crippen MR) is 52.2 cm³/mol. The van der Waals surface area contributed by atoms with Crippen LogP contribution in [-0.2, 0) is 0 Å². The average Bonchev–Trinajstić information content (AvgIpc) is 2.53. The van der Waals surface area contributed by atoms with Crippen LogP contribution in [0.2, 0.25) is 0 Å². The molecule has 0 aromatic rings. The molecule has 0 amide bonds. The van der Waals surface area contributed by atoms with E-state index in [4.69, 9.17) is 0 Å². The number of piperidine rings is 1. The van der Waals surface area contributed by atoms with Crippen molar-refractivity contribution in [1.82, 2.24) is 4.90 Å². The molecule has 2 aliphatic rings. The van der Waals surface area contributed by atoms with E-state index in [1.54, 1.807) is 0 Å². The van der Waals surface area contributed by atoms with E-state index in [2.05, 4.69) is 18.9 Å². The van der Waals surface area contributed by atoms with E-state index in [1.807, 2.05) is 0 Å². The first kappa shape index (κ1) is 8.55. The third-order valence-electron chi connectivity index (χ3n) is 4.06. The van der Waals surface area contributed by atoms with Crippen molar-refractivity contribution < 1.29 is 0 Å². The van der Waals surface area contributed by atoms with Gasteiger partial charge < -0.3 is 4.90 Å². The SMILES string of the molecule is CCC1CC[C@@H]2CCC[C@H]2N1C. The Labute approximate surface area is 76.1 Å². The second kappa shape index (κ2) is 3.37. The molecule has 1 unspecified atom stereocenters. The molecule has 70 valence electrons. The Morgan fingerprint density at radius 1 is 1.17 bits per heavy atom. The second-order valence-corrected chi connectivity index (χ2v) is 4.56. The van der Waals surface area contributed by atoms with Crippen LogP contribution in [0.15, 0.2) is 0 Å². The summed E-state index contributed by atoms with van der Waals surface area (Å²) in [6, 6.07) is 1.84. The molecule has 0 radical (unpaired) electrons. The summed E-state index contributed by atoms with van der Waals surface area (Å²) >= 11 is 0. The van der Waals surface area contributed by atoms with Gasteiger partial charge in [-0.15, -0.1) is 0 Å². The summed E-state index contributed by atoms with van der Waals surface area (Å²) in [6.07, 6.45) is 8.76. The van der Waals surface area contributed by atoms with Gasteiger partial charge >= 0.3 is 0 Å². The lowest BCUT2D eigenvalue weighted by atomic mass is 9.87. The molecule has 0 N–H and O–H groups in total. The maximum Gasteiger partial charge on any atom is 0.0123 e. The van der Waals surface area contributed by atoms with Crippen LogP contribution >= 0.6 is 0 Å². The molecule has 12 heavy (non-hydrogen) atoms. The minimum Gasteiger partial charge on any atom is -0.300 e. The molecule has 1 saturated carbocycles. The summed E-state index contributed by atoms with van der Waals surface area (Å²) in [4.78, 5) is 2.67. The number of hydrogen-bond donors (Lipinski definition) is 0. The Kier molecular flexibility index (Phi) is 2.40. The van der Waals surface area contributed by atoms with Crippen molar-refractivity contribution in [3.05, 3.63) is 0 Å². The van der Waals surface area contributed by atoms with E-state index in [0.29, 0.717) is 0 Å². The lowest BCUT2D eigenvalue weighted by Gasteiger charge is -2.41.